The van der Waals surface area contributed by atoms with Crippen molar-refractivity contribution in [2.24, 2.45) is 5.92 Å². The van der Waals surface area contributed by atoms with Gasteiger partial charge in [-0.05, 0) is 68.9 Å². The molecule has 1 aliphatic carbocycles. The van der Waals surface area contributed by atoms with Crippen LogP contribution in [0.1, 0.15) is 37.3 Å². The van der Waals surface area contributed by atoms with E-state index in [-0.39, 0.29) is 11.9 Å². The predicted molar refractivity (Wildman–Crippen MR) is 95.1 cm³/mol. The molecule has 24 heavy (non-hydrogen) atoms. The van der Waals surface area contributed by atoms with Crippen LogP contribution in [0.15, 0.2) is 24.3 Å². The number of ether oxygens (including phenoxy) is 1. The molecule has 0 bridgehead atoms. The van der Waals surface area contributed by atoms with Crippen LogP contribution in [-0.2, 0) is 4.79 Å². The van der Waals surface area contributed by atoms with Gasteiger partial charge in [0.25, 0.3) is 0 Å². The van der Waals surface area contributed by atoms with E-state index in [9.17, 15) is 4.79 Å². The van der Waals surface area contributed by atoms with Gasteiger partial charge >= 0.3 is 0 Å². The third-order valence-corrected chi connectivity index (χ3v) is 4.97. The lowest BCUT2D eigenvalue weighted by Gasteiger charge is -2.28. The fourth-order valence-electron chi connectivity index (χ4n) is 3.34. The van der Waals surface area contributed by atoms with Crippen LogP contribution < -0.4 is 15.4 Å². The van der Waals surface area contributed by atoms with E-state index in [2.05, 4.69) is 27.7 Å². The minimum Gasteiger partial charge on any atom is -0.497 e. The summed E-state index contributed by atoms with van der Waals surface area (Å²) >= 11 is 0. The number of nitrogens with zero attached hydrogens (tertiary/aromatic N) is 1. The second-order valence-electron chi connectivity index (χ2n) is 6.91. The average Bonchev–Trinajstić information content (AvgIpc) is 3.27. The fraction of sp³-hybridized carbons (Fsp3) is 0.632. The zero-order valence-electron chi connectivity index (χ0n) is 14.6. The topological polar surface area (TPSA) is 53.6 Å². The highest BCUT2D eigenvalue weighted by molar-refractivity contribution is 5.78. The van der Waals surface area contributed by atoms with Crippen molar-refractivity contribution in [1.29, 1.82) is 0 Å². The summed E-state index contributed by atoms with van der Waals surface area (Å²) < 4.78 is 5.36. The number of carbonyl (C=O) groups excluding carboxylic acids is 1. The van der Waals surface area contributed by atoms with Crippen LogP contribution in [0.2, 0.25) is 0 Å². The number of methoxy groups -OCH3 is 1. The Labute approximate surface area is 144 Å². The van der Waals surface area contributed by atoms with Crippen LogP contribution in [0.4, 0.5) is 0 Å². The maximum atomic E-state index is 12.1. The summed E-state index contributed by atoms with van der Waals surface area (Å²) in [7, 11) is 1.69. The molecule has 132 valence electrons. The summed E-state index contributed by atoms with van der Waals surface area (Å²) in [6.45, 7) is 4.23. The Balaban J connectivity index is 1.56. The van der Waals surface area contributed by atoms with E-state index in [1.54, 1.807) is 7.11 Å². The molecule has 1 aromatic rings. The van der Waals surface area contributed by atoms with Crippen molar-refractivity contribution in [2.45, 2.75) is 31.7 Å². The quantitative estimate of drug-likeness (QED) is 0.726. The van der Waals surface area contributed by atoms with Crippen molar-refractivity contribution >= 4 is 5.91 Å². The van der Waals surface area contributed by atoms with Gasteiger partial charge in [0.05, 0.1) is 19.7 Å². The zero-order valence-corrected chi connectivity index (χ0v) is 14.6. The van der Waals surface area contributed by atoms with Crippen molar-refractivity contribution in [1.82, 2.24) is 15.5 Å². The second-order valence-corrected chi connectivity index (χ2v) is 6.91. The van der Waals surface area contributed by atoms with E-state index in [1.165, 1.54) is 31.2 Å². The Bertz CT molecular complexity index is 539. The number of amides is 1. The van der Waals surface area contributed by atoms with E-state index in [4.69, 9.17) is 4.74 Å². The number of likely N-dealkylation sites (tertiary alicyclic amines) is 1. The van der Waals surface area contributed by atoms with Gasteiger partial charge in [-0.15, -0.1) is 0 Å². The molecule has 0 radical (unpaired) electrons. The number of hydrogen-bond acceptors (Lipinski definition) is 4. The lowest BCUT2D eigenvalue weighted by molar-refractivity contribution is -0.120. The van der Waals surface area contributed by atoms with Gasteiger partial charge in [0.2, 0.25) is 5.91 Å². The number of rotatable bonds is 9. The van der Waals surface area contributed by atoms with Gasteiger partial charge in [-0.3, -0.25) is 9.69 Å². The van der Waals surface area contributed by atoms with E-state index in [0.717, 1.165) is 31.3 Å². The van der Waals surface area contributed by atoms with Gasteiger partial charge in [-0.25, -0.2) is 0 Å². The molecule has 1 saturated heterocycles. The molecule has 1 amide bonds. The number of nitrogens with one attached hydrogen (secondary N) is 2. The first-order valence-electron chi connectivity index (χ1n) is 9.11. The van der Waals surface area contributed by atoms with E-state index in [0.29, 0.717) is 13.1 Å². The SMILES string of the molecule is COc1cccc(C(CNC(=O)CNCC2CC2)N2CCCC2)c1. The van der Waals surface area contributed by atoms with Crippen LogP contribution in [0.25, 0.3) is 0 Å². The predicted octanol–water partition coefficient (Wildman–Crippen LogP) is 1.95. The molecule has 2 N–H and O–H groups in total. The van der Waals surface area contributed by atoms with Gasteiger partial charge in [0.15, 0.2) is 0 Å². The van der Waals surface area contributed by atoms with E-state index in [1.807, 2.05) is 12.1 Å². The number of benzene rings is 1. The standard InChI is InChI=1S/C19H29N3O2/c1-24-17-6-4-5-16(11-17)18(22-9-2-3-10-22)13-21-19(23)14-20-12-15-7-8-15/h4-6,11,15,18,20H,2-3,7-10,12-14H2,1H3,(H,21,23). The Hall–Kier alpha value is -1.59. The summed E-state index contributed by atoms with van der Waals surface area (Å²) in [6.07, 6.45) is 5.08. The van der Waals surface area contributed by atoms with Crippen molar-refractivity contribution in [3.8, 4) is 5.75 Å². The zero-order chi connectivity index (χ0) is 16.8. The van der Waals surface area contributed by atoms with Crippen molar-refractivity contribution in [3.63, 3.8) is 0 Å². The Morgan fingerprint density at radius 3 is 2.83 bits per heavy atom. The highest BCUT2D eigenvalue weighted by atomic mass is 16.5. The molecule has 5 nitrogen and oxygen atoms in total. The Kier molecular flexibility index (Phi) is 6.10. The van der Waals surface area contributed by atoms with Crippen molar-refractivity contribution in [3.05, 3.63) is 29.8 Å². The molecule has 1 saturated carbocycles. The minimum absolute atomic E-state index is 0.0859. The molecular formula is C19H29N3O2. The first kappa shape index (κ1) is 17.2. The smallest absolute Gasteiger partial charge is 0.234 e. The molecule has 1 atom stereocenters. The average molecular weight is 331 g/mol. The first-order valence-corrected chi connectivity index (χ1v) is 9.11. The van der Waals surface area contributed by atoms with E-state index >= 15 is 0 Å². The molecule has 0 spiro atoms. The summed E-state index contributed by atoms with van der Waals surface area (Å²) in [4.78, 5) is 14.6. The largest absolute Gasteiger partial charge is 0.497 e. The van der Waals surface area contributed by atoms with Gasteiger partial charge in [-0.2, -0.15) is 0 Å². The van der Waals surface area contributed by atoms with Gasteiger partial charge in [0, 0.05) is 6.54 Å². The lowest BCUT2D eigenvalue weighted by atomic mass is 10.0. The summed E-state index contributed by atoms with van der Waals surface area (Å²) in [5.74, 6) is 1.75. The van der Waals surface area contributed by atoms with Crippen molar-refractivity contribution in [2.75, 3.05) is 39.8 Å². The summed E-state index contributed by atoms with van der Waals surface area (Å²) in [6, 6.07) is 8.42. The van der Waals surface area contributed by atoms with Crippen LogP contribution in [-0.4, -0.2) is 50.6 Å². The van der Waals surface area contributed by atoms with Gasteiger partial charge in [-0.1, -0.05) is 12.1 Å². The minimum atomic E-state index is 0.0859. The molecule has 0 aromatic heterocycles. The normalized spacial score (nSPS) is 19.2. The first-order chi connectivity index (χ1) is 11.8. The molecule has 1 aliphatic heterocycles. The Morgan fingerprint density at radius 2 is 2.12 bits per heavy atom. The van der Waals surface area contributed by atoms with Crippen LogP contribution >= 0.6 is 0 Å². The van der Waals surface area contributed by atoms with Gasteiger partial charge in [0.1, 0.15) is 5.75 Å². The molecule has 1 unspecified atom stereocenters. The molecular weight excluding hydrogens is 302 g/mol. The highest BCUT2D eigenvalue weighted by Gasteiger charge is 2.24. The van der Waals surface area contributed by atoms with Crippen molar-refractivity contribution < 1.29 is 9.53 Å². The second kappa shape index (κ2) is 8.49. The fourth-order valence-corrected chi connectivity index (χ4v) is 3.34. The van der Waals surface area contributed by atoms with Crippen LogP contribution in [0, 0.1) is 5.92 Å². The Morgan fingerprint density at radius 1 is 1.33 bits per heavy atom. The van der Waals surface area contributed by atoms with E-state index < -0.39 is 0 Å². The van der Waals surface area contributed by atoms with Crippen LogP contribution in [0.3, 0.4) is 0 Å². The maximum absolute atomic E-state index is 12.1. The van der Waals surface area contributed by atoms with Gasteiger partial charge < -0.3 is 15.4 Å². The summed E-state index contributed by atoms with van der Waals surface area (Å²) in [5, 5.41) is 6.36. The number of carbonyl (C=O) groups is 1. The third-order valence-electron chi connectivity index (χ3n) is 4.97. The lowest BCUT2D eigenvalue weighted by Crippen LogP contribution is -2.40. The maximum Gasteiger partial charge on any atom is 0.234 e. The summed E-state index contributed by atoms with van der Waals surface area (Å²) in [5.41, 5.74) is 1.21. The molecule has 1 heterocycles. The monoisotopic (exact) mass is 331 g/mol. The molecule has 2 fully saturated rings. The molecule has 3 rings (SSSR count). The molecule has 2 aliphatic rings. The molecule has 1 aromatic carbocycles. The molecule has 5 heteroatoms. The number of hydrogen-bond donors (Lipinski definition) is 2. The third kappa shape index (κ3) is 4.95. The van der Waals surface area contributed by atoms with Crippen LogP contribution in [0.5, 0.6) is 5.75 Å². The highest BCUT2D eigenvalue weighted by Crippen LogP contribution is 2.28.